The SMILES string of the molecule is CCN(Cc1ccccc1)C(=O)c1cn(C2CNC2)nn1. The van der Waals surface area contributed by atoms with E-state index < -0.39 is 0 Å². The Morgan fingerprint density at radius 1 is 1.38 bits per heavy atom. The van der Waals surface area contributed by atoms with Crippen LogP contribution in [0.3, 0.4) is 0 Å². The van der Waals surface area contributed by atoms with Gasteiger partial charge in [0.15, 0.2) is 5.69 Å². The highest BCUT2D eigenvalue weighted by molar-refractivity contribution is 5.91. The van der Waals surface area contributed by atoms with Crippen LogP contribution in [0.1, 0.15) is 29.0 Å². The van der Waals surface area contributed by atoms with Crippen LogP contribution >= 0.6 is 0 Å². The van der Waals surface area contributed by atoms with Crippen molar-refractivity contribution in [3.63, 3.8) is 0 Å². The van der Waals surface area contributed by atoms with Crippen LogP contribution in [0.15, 0.2) is 36.5 Å². The summed E-state index contributed by atoms with van der Waals surface area (Å²) in [6, 6.07) is 10.3. The van der Waals surface area contributed by atoms with Gasteiger partial charge in [-0.2, -0.15) is 0 Å². The van der Waals surface area contributed by atoms with Crippen LogP contribution in [-0.2, 0) is 6.54 Å². The van der Waals surface area contributed by atoms with Crippen LogP contribution in [0.4, 0.5) is 0 Å². The average molecular weight is 285 g/mol. The lowest BCUT2D eigenvalue weighted by Crippen LogP contribution is -2.43. The average Bonchev–Trinajstić information content (AvgIpc) is 2.92. The van der Waals surface area contributed by atoms with Crippen LogP contribution in [0.2, 0.25) is 0 Å². The van der Waals surface area contributed by atoms with Gasteiger partial charge in [-0.3, -0.25) is 4.79 Å². The molecule has 1 aromatic heterocycles. The van der Waals surface area contributed by atoms with Gasteiger partial charge in [0, 0.05) is 26.2 Å². The molecule has 2 heterocycles. The number of hydrogen-bond donors (Lipinski definition) is 1. The summed E-state index contributed by atoms with van der Waals surface area (Å²) in [5, 5.41) is 11.3. The van der Waals surface area contributed by atoms with E-state index >= 15 is 0 Å². The van der Waals surface area contributed by atoms with Gasteiger partial charge < -0.3 is 10.2 Å². The van der Waals surface area contributed by atoms with Gasteiger partial charge in [-0.05, 0) is 12.5 Å². The molecule has 110 valence electrons. The molecule has 6 heteroatoms. The standard InChI is InChI=1S/C15H19N5O/c1-2-19(10-12-6-4-3-5-7-12)15(21)14-11-20(18-17-14)13-8-16-9-13/h3-7,11,13,16H,2,8-10H2,1H3. The van der Waals surface area contributed by atoms with Crippen LogP contribution in [-0.4, -0.2) is 45.4 Å². The van der Waals surface area contributed by atoms with Gasteiger partial charge >= 0.3 is 0 Å². The summed E-state index contributed by atoms with van der Waals surface area (Å²) in [6.07, 6.45) is 1.75. The zero-order valence-corrected chi connectivity index (χ0v) is 12.1. The van der Waals surface area contributed by atoms with Crippen molar-refractivity contribution in [1.29, 1.82) is 0 Å². The van der Waals surface area contributed by atoms with Crippen LogP contribution in [0.5, 0.6) is 0 Å². The van der Waals surface area contributed by atoms with Gasteiger partial charge in [-0.25, -0.2) is 4.68 Å². The van der Waals surface area contributed by atoms with Gasteiger partial charge in [-0.15, -0.1) is 5.10 Å². The van der Waals surface area contributed by atoms with Crippen molar-refractivity contribution in [2.24, 2.45) is 0 Å². The molecule has 0 bridgehead atoms. The minimum atomic E-state index is -0.0696. The van der Waals surface area contributed by atoms with Crippen molar-refractivity contribution in [3.8, 4) is 0 Å². The Morgan fingerprint density at radius 3 is 2.76 bits per heavy atom. The van der Waals surface area contributed by atoms with Crippen molar-refractivity contribution in [2.45, 2.75) is 19.5 Å². The molecular formula is C15H19N5O. The molecule has 1 aliphatic heterocycles. The first-order valence-corrected chi connectivity index (χ1v) is 7.23. The number of amides is 1. The van der Waals surface area contributed by atoms with Crippen LogP contribution in [0.25, 0.3) is 0 Å². The van der Waals surface area contributed by atoms with Crippen molar-refractivity contribution in [2.75, 3.05) is 19.6 Å². The summed E-state index contributed by atoms with van der Waals surface area (Å²) in [7, 11) is 0. The fourth-order valence-electron chi connectivity index (χ4n) is 2.31. The second kappa shape index (κ2) is 6.05. The number of carbonyl (C=O) groups excluding carboxylic acids is 1. The number of carbonyl (C=O) groups is 1. The third kappa shape index (κ3) is 2.95. The van der Waals surface area contributed by atoms with E-state index in [-0.39, 0.29) is 5.91 Å². The molecule has 1 N–H and O–H groups in total. The molecule has 21 heavy (non-hydrogen) atoms. The molecule has 0 radical (unpaired) electrons. The highest BCUT2D eigenvalue weighted by atomic mass is 16.2. The maximum Gasteiger partial charge on any atom is 0.276 e. The molecule has 1 amide bonds. The van der Waals surface area contributed by atoms with E-state index in [1.807, 2.05) is 37.3 Å². The molecule has 1 aromatic carbocycles. The third-order valence-corrected chi connectivity index (χ3v) is 3.75. The Labute approximate surface area is 123 Å². The second-order valence-electron chi connectivity index (χ2n) is 5.20. The van der Waals surface area contributed by atoms with E-state index in [1.165, 1.54) is 0 Å². The first-order valence-electron chi connectivity index (χ1n) is 7.23. The zero-order chi connectivity index (χ0) is 14.7. The molecule has 1 saturated heterocycles. The van der Waals surface area contributed by atoms with Crippen LogP contribution < -0.4 is 5.32 Å². The summed E-state index contributed by atoms with van der Waals surface area (Å²) in [6.45, 7) is 4.98. The van der Waals surface area contributed by atoms with Gasteiger partial charge in [0.25, 0.3) is 5.91 Å². The fourth-order valence-corrected chi connectivity index (χ4v) is 2.31. The van der Waals surface area contributed by atoms with Crippen molar-refractivity contribution >= 4 is 5.91 Å². The number of aromatic nitrogens is 3. The first-order chi connectivity index (χ1) is 10.3. The first kappa shape index (κ1) is 13.8. The monoisotopic (exact) mass is 285 g/mol. The fraction of sp³-hybridized carbons (Fsp3) is 0.400. The van der Waals surface area contributed by atoms with E-state index in [0.717, 1.165) is 18.7 Å². The van der Waals surface area contributed by atoms with Crippen molar-refractivity contribution in [1.82, 2.24) is 25.2 Å². The summed E-state index contributed by atoms with van der Waals surface area (Å²) in [5.74, 6) is -0.0696. The molecule has 1 fully saturated rings. The van der Waals surface area contributed by atoms with Crippen LogP contribution in [0, 0.1) is 0 Å². The minimum Gasteiger partial charge on any atom is -0.333 e. The smallest absolute Gasteiger partial charge is 0.276 e. The Balaban J connectivity index is 1.71. The lowest BCUT2D eigenvalue weighted by molar-refractivity contribution is 0.0746. The lowest BCUT2D eigenvalue weighted by Gasteiger charge is -2.26. The highest BCUT2D eigenvalue weighted by Gasteiger charge is 2.23. The molecule has 2 aromatic rings. The number of nitrogens with one attached hydrogen (secondary N) is 1. The topological polar surface area (TPSA) is 63.1 Å². The minimum absolute atomic E-state index is 0.0696. The largest absolute Gasteiger partial charge is 0.333 e. The van der Waals surface area contributed by atoms with Crippen molar-refractivity contribution < 1.29 is 4.79 Å². The molecule has 0 spiro atoms. The molecule has 0 unspecified atom stereocenters. The second-order valence-corrected chi connectivity index (χ2v) is 5.20. The van der Waals surface area contributed by atoms with Gasteiger partial charge in [-0.1, -0.05) is 35.5 Å². The molecule has 0 aliphatic carbocycles. The summed E-state index contributed by atoms with van der Waals surface area (Å²) < 4.78 is 1.78. The number of benzene rings is 1. The third-order valence-electron chi connectivity index (χ3n) is 3.75. The molecule has 1 aliphatic rings. The summed E-state index contributed by atoms with van der Waals surface area (Å²) >= 11 is 0. The van der Waals surface area contributed by atoms with Gasteiger partial charge in [0.2, 0.25) is 0 Å². The number of rotatable bonds is 5. The summed E-state index contributed by atoms with van der Waals surface area (Å²) in [4.78, 5) is 14.3. The van der Waals surface area contributed by atoms with E-state index in [2.05, 4.69) is 15.6 Å². The number of hydrogen-bond acceptors (Lipinski definition) is 4. The van der Waals surface area contributed by atoms with E-state index in [9.17, 15) is 4.79 Å². The van der Waals surface area contributed by atoms with Crippen molar-refractivity contribution in [3.05, 3.63) is 47.8 Å². The van der Waals surface area contributed by atoms with E-state index in [1.54, 1.807) is 15.8 Å². The van der Waals surface area contributed by atoms with E-state index in [0.29, 0.717) is 24.8 Å². The Morgan fingerprint density at radius 2 is 2.14 bits per heavy atom. The molecule has 0 atom stereocenters. The molecule has 0 saturated carbocycles. The predicted molar refractivity (Wildman–Crippen MR) is 78.8 cm³/mol. The normalized spacial score (nSPS) is 14.7. The maximum absolute atomic E-state index is 12.5. The lowest BCUT2D eigenvalue weighted by atomic mass is 10.2. The maximum atomic E-state index is 12.5. The zero-order valence-electron chi connectivity index (χ0n) is 12.1. The Bertz CT molecular complexity index is 606. The quantitative estimate of drug-likeness (QED) is 0.893. The Kier molecular flexibility index (Phi) is 3.96. The number of nitrogens with zero attached hydrogens (tertiary/aromatic N) is 4. The van der Waals surface area contributed by atoms with E-state index in [4.69, 9.17) is 0 Å². The summed E-state index contributed by atoms with van der Waals surface area (Å²) in [5.41, 5.74) is 1.53. The molecule has 6 nitrogen and oxygen atoms in total. The molecular weight excluding hydrogens is 266 g/mol. The molecule has 3 rings (SSSR count). The highest BCUT2D eigenvalue weighted by Crippen LogP contribution is 2.12. The Hall–Kier alpha value is -2.21. The van der Waals surface area contributed by atoms with Gasteiger partial charge in [0.05, 0.1) is 12.2 Å². The predicted octanol–water partition coefficient (Wildman–Crippen LogP) is 1.08. The van der Waals surface area contributed by atoms with Gasteiger partial charge in [0.1, 0.15) is 0 Å².